The zero-order valence-electron chi connectivity index (χ0n) is 7.01. The molecule has 0 atom stereocenters. The first kappa shape index (κ1) is 6.89. The molecule has 0 radical (unpaired) electrons. The number of hydrogen-bond donors (Lipinski definition) is 0. The van der Waals surface area contributed by atoms with Gasteiger partial charge < -0.3 is 0 Å². The SMILES string of the molecule is CCn1cc2c(n1)CCCC2. The fourth-order valence-corrected chi connectivity index (χ4v) is 1.69. The molecule has 1 aromatic rings. The quantitative estimate of drug-likeness (QED) is 0.596. The van der Waals surface area contributed by atoms with Gasteiger partial charge in [-0.2, -0.15) is 5.10 Å². The summed E-state index contributed by atoms with van der Waals surface area (Å²) < 4.78 is 2.05. The summed E-state index contributed by atoms with van der Waals surface area (Å²) in [6.07, 6.45) is 7.32. The number of aromatic nitrogens is 2. The monoisotopic (exact) mass is 150 g/mol. The van der Waals surface area contributed by atoms with Crippen molar-refractivity contribution in [2.45, 2.75) is 39.2 Å². The van der Waals surface area contributed by atoms with Crippen LogP contribution in [0.5, 0.6) is 0 Å². The molecule has 2 heteroatoms. The minimum Gasteiger partial charge on any atom is -0.272 e. The van der Waals surface area contributed by atoms with Crippen LogP contribution in [0.4, 0.5) is 0 Å². The van der Waals surface area contributed by atoms with Crippen LogP contribution in [0.3, 0.4) is 0 Å². The third-order valence-electron chi connectivity index (χ3n) is 2.36. The van der Waals surface area contributed by atoms with Gasteiger partial charge in [0.1, 0.15) is 0 Å². The lowest BCUT2D eigenvalue weighted by Crippen LogP contribution is -2.00. The van der Waals surface area contributed by atoms with Crippen LogP contribution in [-0.4, -0.2) is 9.78 Å². The molecule has 0 spiro atoms. The predicted octanol–water partition coefficient (Wildman–Crippen LogP) is 1.78. The van der Waals surface area contributed by atoms with E-state index >= 15 is 0 Å². The lowest BCUT2D eigenvalue weighted by Gasteiger charge is -2.06. The summed E-state index contributed by atoms with van der Waals surface area (Å²) in [5.41, 5.74) is 2.83. The number of fused-ring (bicyclic) bond motifs is 1. The summed E-state index contributed by atoms with van der Waals surface area (Å²) in [6.45, 7) is 3.14. The number of hydrogen-bond acceptors (Lipinski definition) is 1. The maximum absolute atomic E-state index is 4.49. The molecule has 1 heterocycles. The molecule has 2 nitrogen and oxygen atoms in total. The average Bonchev–Trinajstić information content (AvgIpc) is 2.46. The van der Waals surface area contributed by atoms with Crippen LogP contribution >= 0.6 is 0 Å². The second-order valence-electron chi connectivity index (χ2n) is 3.16. The van der Waals surface area contributed by atoms with Crippen LogP contribution in [0.1, 0.15) is 31.0 Å². The summed E-state index contributed by atoms with van der Waals surface area (Å²) in [4.78, 5) is 0. The molecule has 0 amide bonds. The van der Waals surface area contributed by atoms with Gasteiger partial charge >= 0.3 is 0 Å². The van der Waals surface area contributed by atoms with Gasteiger partial charge in [0, 0.05) is 12.7 Å². The van der Waals surface area contributed by atoms with Crippen LogP contribution in [0.2, 0.25) is 0 Å². The van der Waals surface area contributed by atoms with Crippen molar-refractivity contribution in [3.63, 3.8) is 0 Å². The molecular formula is C9H14N2. The Morgan fingerprint density at radius 3 is 3.00 bits per heavy atom. The largest absolute Gasteiger partial charge is 0.272 e. The maximum atomic E-state index is 4.49. The van der Waals surface area contributed by atoms with Crippen molar-refractivity contribution in [2.24, 2.45) is 0 Å². The fourth-order valence-electron chi connectivity index (χ4n) is 1.69. The molecule has 1 aromatic heterocycles. The van der Waals surface area contributed by atoms with Crippen molar-refractivity contribution >= 4 is 0 Å². The highest BCUT2D eigenvalue weighted by molar-refractivity contribution is 5.19. The van der Waals surface area contributed by atoms with E-state index in [0.717, 1.165) is 6.54 Å². The molecule has 0 aliphatic heterocycles. The Balaban J connectivity index is 2.32. The van der Waals surface area contributed by atoms with E-state index in [1.165, 1.54) is 36.9 Å². The normalized spacial score (nSPS) is 16.5. The van der Waals surface area contributed by atoms with E-state index in [1.54, 1.807) is 0 Å². The van der Waals surface area contributed by atoms with E-state index in [-0.39, 0.29) is 0 Å². The fraction of sp³-hybridized carbons (Fsp3) is 0.667. The van der Waals surface area contributed by atoms with Gasteiger partial charge in [-0.3, -0.25) is 4.68 Å². The highest BCUT2D eigenvalue weighted by Gasteiger charge is 2.12. The van der Waals surface area contributed by atoms with Crippen LogP contribution in [0.15, 0.2) is 6.20 Å². The zero-order chi connectivity index (χ0) is 7.68. The lowest BCUT2D eigenvalue weighted by atomic mass is 9.99. The van der Waals surface area contributed by atoms with Crippen molar-refractivity contribution in [3.8, 4) is 0 Å². The molecule has 60 valence electrons. The van der Waals surface area contributed by atoms with Gasteiger partial charge in [-0.25, -0.2) is 0 Å². The third kappa shape index (κ3) is 1.17. The first-order chi connectivity index (χ1) is 5.40. The number of rotatable bonds is 1. The molecule has 0 fully saturated rings. The van der Waals surface area contributed by atoms with Gasteiger partial charge in [-0.05, 0) is 38.2 Å². The molecule has 0 aromatic carbocycles. The molecule has 0 N–H and O–H groups in total. The Morgan fingerprint density at radius 1 is 1.45 bits per heavy atom. The molecule has 11 heavy (non-hydrogen) atoms. The van der Waals surface area contributed by atoms with Gasteiger partial charge in [0.2, 0.25) is 0 Å². The van der Waals surface area contributed by atoms with Crippen molar-refractivity contribution < 1.29 is 0 Å². The Bertz CT molecular complexity index is 227. The van der Waals surface area contributed by atoms with Crippen molar-refractivity contribution in [1.82, 2.24) is 9.78 Å². The average molecular weight is 150 g/mol. The Kier molecular flexibility index (Phi) is 1.68. The molecule has 0 unspecified atom stereocenters. The van der Waals surface area contributed by atoms with Crippen LogP contribution in [0, 0.1) is 0 Å². The number of aryl methyl sites for hydroxylation is 3. The Morgan fingerprint density at radius 2 is 2.27 bits per heavy atom. The topological polar surface area (TPSA) is 17.8 Å². The highest BCUT2D eigenvalue weighted by Crippen LogP contribution is 2.18. The third-order valence-corrected chi connectivity index (χ3v) is 2.36. The molecule has 2 rings (SSSR count). The van der Waals surface area contributed by atoms with Crippen molar-refractivity contribution in [2.75, 3.05) is 0 Å². The van der Waals surface area contributed by atoms with Gasteiger partial charge in [0.25, 0.3) is 0 Å². The standard InChI is InChI=1S/C9H14N2/c1-2-11-7-8-5-3-4-6-9(8)10-11/h7H,2-6H2,1H3. The van der Waals surface area contributed by atoms with E-state index in [2.05, 4.69) is 22.9 Å². The zero-order valence-corrected chi connectivity index (χ0v) is 7.01. The van der Waals surface area contributed by atoms with Gasteiger partial charge in [-0.1, -0.05) is 0 Å². The minimum atomic E-state index is 1.01. The van der Waals surface area contributed by atoms with E-state index in [0.29, 0.717) is 0 Å². The highest BCUT2D eigenvalue weighted by atomic mass is 15.3. The summed E-state index contributed by atoms with van der Waals surface area (Å²) in [7, 11) is 0. The second kappa shape index (κ2) is 2.68. The summed E-state index contributed by atoms with van der Waals surface area (Å²) in [5.74, 6) is 0. The smallest absolute Gasteiger partial charge is 0.0656 e. The summed E-state index contributed by atoms with van der Waals surface area (Å²) in [5, 5.41) is 4.49. The van der Waals surface area contributed by atoms with Gasteiger partial charge in [-0.15, -0.1) is 0 Å². The maximum Gasteiger partial charge on any atom is 0.0656 e. The summed E-state index contributed by atoms with van der Waals surface area (Å²) in [6, 6.07) is 0. The molecule has 0 bridgehead atoms. The van der Waals surface area contributed by atoms with Crippen molar-refractivity contribution in [3.05, 3.63) is 17.5 Å². The second-order valence-corrected chi connectivity index (χ2v) is 3.16. The first-order valence-corrected chi connectivity index (χ1v) is 4.45. The molecule has 1 aliphatic carbocycles. The van der Waals surface area contributed by atoms with E-state index in [4.69, 9.17) is 0 Å². The Hall–Kier alpha value is -0.790. The molecule has 0 saturated heterocycles. The van der Waals surface area contributed by atoms with Gasteiger partial charge in [0.15, 0.2) is 0 Å². The van der Waals surface area contributed by atoms with Crippen LogP contribution < -0.4 is 0 Å². The van der Waals surface area contributed by atoms with E-state index in [1.807, 2.05) is 0 Å². The Labute approximate surface area is 67.2 Å². The molecule has 0 saturated carbocycles. The molecular weight excluding hydrogens is 136 g/mol. The first-order valence-electron chi connectivity index (χ1n) is 4.45. The minimum absolute atomic E-state index is 1.01. The van der Waals surface area contributed by atoms with Crippen LogP contribution in [0.25, 0.3) is 0 Å². The molecule has 1 aliphatic rings. The summed E-state index contributed by atoms with van der Waals surface area (Å²) >= 11 is 0. The van der Waals surface area contributed by atoms with Crippen molar-refractivity contribution in [1.29, 1.82) is 0 Å². The number of nitrogens with zero attached hydrogens (tertiary/aromatic N) is 2. The van der Waals surface area contributed by atoms with E-state index < -0.39 is 0 Å². The van der Waals surface area contributed by atoms with Gasteiger partial charge in [0.05, 0.1) is 5.69 Å². The van der Waals surface area contributed by atoms with E-state index in [9.17, 15) is 0 Å². The van der Waals surface area contributed by atoms with Crippen LogP contribution in [-0.2, 0) is 19.4 Å². The predicted molar refractivity (Wildman–Crippen MR) is 44.5 cm³/mol. The lowest BCUT2D eigenvalue weighted by molar-refractivity contribution is 0.631.